The molecule has 1 aliphatic heterocycles. The van der Waals surface area contributed by atoms with Gasteiger partial charge in [0.05, 0.1) is 21.7 Å². The molecular weight excluding hydrogens is 472 g/mol. The summed E-state index contributed by atoms with van der Waals surface area (Å²) in [4.78, 5) is 19.0. The molecule has 1 fully saturated rings. The Balaban J connectivity index is 1.82. The van der Waals surface area contributed by atoms with E-state index in [1.54, 1.807) is 19.2 Å². The van der Waals surface area contributed by atoms with Crippen LogP contribution in [0.5, 0.6) is 5.75 Å². The number of amidine groups is 1. The fourth-order valence-corrected chi connectivity index (χ4v) is 3.68. The van der Waals surface area contributed by atoms with E-state index < -0.39 is 0 Å². The highest BCUT2D eigenvalue weighted by Crippen LogP contribution is 2.35. The summed E-state index contributed by atoms with van der Waals surface area (Å²) in [6.45, 7) is 2.56. The van der Waals surface area contributed by atoms with E-state index in [1.165, 1.54) is 16.7 Å². The number of nitrogens with zero attached hydrogens (tertiary/aromatic N) is 2. The SMILES string of the molecule is CCOc1ccc(N=C2S/C(=C\c3cc(Br)c(Br)o3)C(=O)N2C)cc1. The Bertz CT molecular complexity index is 840. The Labute approximate surface area is 166 Å². The third-order valence-electron chi connectivity index (χ3n) is 3.31. The first-order chi connectivity index (χ1) is 12.0. The lowest BCUT2D eigenvalue weighted by molar-refractivity contribution is -0.121. The molecule has 2 aromatic rings. The Morgan fingerprint density at radius 2 is 2.04 bits per heavy atom. The van der Waals surface area contributed by atoms with Gasteiger partial charge < -0.3 is 9.15 Å². The minimum absolute atomic E-state index is 0.113. The van der Waals surface area contributed by atoms with Gasteiger partial charge in [0, 0.05) is 13.1 Å². The molecule has 0 unspecified atom stereocenters. The van der Waals surface area contributed by atoms with Crippen LogP contribution < -0.4 is 4.74 Å². The van der Waals surface area contributed by atoms with Gasteiger partial charge in [-0.15, -0.1) is 0 Å². The highest BCUT2D eigenvalue weighted by atomic mass is 79.9. The van der Waals surface area contributed by atoms with Crippen molar-refractivity contribution < 1.29 is 13.9 Å². The van der Waals surface area contributed by atoms with E-state index >= 15 is 0 Å². The van der Waals surface area contributed by atoms with Crippen molar-refractivity contribution in [3.8, 4) is 5.75 Å². The summed E-state index contributed by atoms with van der Waals surface area (Å²) in [5, 5.41) is 0.616. The fraction of sp³-hybridized carbons (Fsp3) is 0.176. The van der Waals surface area contributed by atoms with E-state index in [2.05, 4.69) is 36.9 Å². The van der Waals surface area contributed by atoms with E-state index in [1.807, 2.05) is 31.2 Å². The number of ether oxygens (including phenoxy) is 1. The summed E-state index contributed by atoms with van der Waals surface area (Å²) in [7, 11) is 1.71. The van der Waals surface area contributed by atoms with E-state index in [9.17, 15) is 4.79 Å². The largest absolute Gasteiger partial charge is 0.494 e. The molecule has 1 aromatic carbocycles. The molecule has 1 aromatic heterocycles. The maximum Gasteiger partial charge on any atom is 0.266 e. The first-order valence-corrected chi connectivity index (χ1v) is 9.82. The zero-order valence-electron chi connectivity index (χ0n) is 13.5. The lowest BCUT2D eigenvalue weighted by atomic mass is 10.3. The van der Waals surface area contributed by atoms with Crippen molar-refractivity contribution in [3.05, 3.63) is 50.1 Å². The average molecular weight is 486 g/mol. The van der Waals surface area contributed by atoms with Gasteiger partial charge in [-0.05, 0) is 80.9 Å². The highest BCUT2D eigenvalue weighted by molar-refractivity contribution is 9.13. The van der Waals surface area contributed by atoms with E-state index in [0.29, 0.717) is 27.1 Å². The number of carbonyl (C=O) groups is 1. The smallest absolute Gasteiger partial charge is 0.266 e. The second kappa shape index (κ2) is 7.80. The summed E-state index contributed by atoms with van der Waals surface area (Å²) in [6.07, 6.45) is 1.71. The molecule has 25 heavy (non-hydrogen) atoms. The molecule has 1 aliphatic rings. The van der Waals surface area contributed by atoms with Gasteiger partial charge >= 0.3 is 0 Å². The first kappa shape index (κ1) is 18.3. The van der Waals surface area contributed by atoms with Gasteiger partial charge in [-0.1, -0.05) is 0 Å². The molecule has 3 rings (SSSR count). The molecule has 1 saturated heterocycles. The van der Waals surface area contributed by atoms with Gasteiger partial charge in [-0.25, -0.2) is 4.99 Å². The summed E-state index contributed by atoms with van der Waals surface area (Å²) in [5.74, 6) is 1.27. The second-order valence-corrected chi connectivity index (χ2v) is 7.65. The molecule has 0 N–H and O–H groups in total. The van der Waals surface area contributed by atoms with Crippen LogP contribution in [0, 0.1) is 0 Å². The van der Waals surface area contributed by atoms with Gasteiger partial charge in [0.2, 0.25) is 0 Å². The average Bonchev–Trinajstić information content (AvgIpc) is 3.04. The van der Waals surface area contributed by atoms with Crippen LogP contribution in [0.25, 0.3) is 6.08 Å². The number of aliphatic imine (C=N–C) groups is 1. The van der Waals surface area contributed by atoms with Gasteiger partial charge in [0.25, 0.3) is 5.91 Å². The molecule has 130 valence electrons. The van der Waals surface area contributed by atoms with Crippen molar-refractivity contribution in [2.24, 2.45) is 4.99 Å². The molecule has 0 bridgehead atoms. The number of furan rings is 1. The predicted octanol–water partition coefficient (Wildman–Crippen LogP) is 5.44. The van der Waals surface area contributed by atoms with Crippen LogP contribution in [0.15, 0.2) is 53.8 Å². The molecule has 0 saturated carbocycles. The van der Waals surface area contributed by atoms with E-state index in [4.69, 9.17) is 9.15 Å². The molecule has 1 amide bonds. The lowest BCUT2D eigenvalue weighted by Crippen LogP contribution is -2.23. The number of hydrogen-bond acceptors (Lipinski definition) is 5. The first-order valence-electron chi connectivity index (χ1n) is 7.42. The molecule has 5 nitrogen and oxygen atoms in total. The quantitative estimate of drug-likeness (QED) is 0.541. The predicted molar refractivity (Wildman–Crippen MR) is 107 cm³/mol. The van der Waals surface area contributed by atoms with Crippen molar-refractivity contribution in [2.45, 2.75) is 6.92 Å². The van der Waals surface area contributed by atoms with Gasteiger partial charge in [0.15, 0.2) is 9.84 Å². The Kier molecular flexibility index (Phi) is 5.71. The van der Waals surface area contributed by atoms with Gasteiger partial charge in [-0.2, -0.15) is 0 Å². The van der Waals surface area contributed by atoms with Crippen LogP contribution in [0.2, 0.25) is 0 Å². The topological polar surface area (TPSA) is 55.0 Å². The van der Waals surface area contributed by atoms with Crippen LogP contribution in [0.4, 0.5) is 5.69 Å². The maximum atomic E-state index is 12.4. The number of hydrogen-bond donors (Lipinski definition) is 0. The summed E-state index contributed by atoms with van der Waals surface area (Å²) >= 11 is 7.96. The van der Waals surface area contributed by atoms with E-state index in [-0.39, 0.29) is 5.91 Å². The maximum absolute atomic E-state index is 12.4. The van der Waals surface area contributed by atoms with Gasteiger partial charge in [0.1, 0.15) is 11.5 Å². The Hall–Kier alpha value is -1.51. The Morgan fingerprint density at radius 1 is 1.32 bits per heavy atom. The van der Waals surface area contributed by atoms with Crippen molar-refractivity contribution in [2.75, 3.05) is 13.7 Å². The molecule has 8 heteroatoms. The van der Waals surface area contributed by atoms with Crippen LogP contribution in [0.3, 0.4) is 0 Å². The zero-order chi connectivity index (χ0) is 18.0. The molecule has 0 aliphatic carbocycles. The number of likely N-dealkylation sites (N-methyl/N-ethyl adjacent to an activating group) is 1. The summed E-state index contributed by atoms with van der Waals surface area (Å²) < 4.78 is 12.3. The van der Waals surface area contributed by atoms with Gasteiger partial charge in [-0.3, -0.25) is 9.69 Å². The van der Waals surface area contributed by atoms with E-state index in [0.717, 1.165) is 15.9 Å². The van der Waals surface area contributed by atoms with Crippen LogP contribution in [0.1, 0.15) is 12.7 Å². The fourth-order valence-electron chi connectivity index (χ4n) is 2.11. The zero-order valence-corrected chi connectivity index (χ0v) is 17.4. The van der Waals surface area contributed by atoms with Crippen molar-refractivity contribution >= 4 is 66.5 Å². The number of halogens is 2. The van der Waals surface area contributed by atoms with Crippen molar-refractivity contribution in [1.82, 2.24) is 4.90 Å². The molecule has 2 heterocycles. The van der Waals surface area contributed by atoms with Crippen molar-refractivity contribution in [3.63, 3.8) is 0 Å². The number of thioether (sulfide) groups is 1. The minimum atomic E-state index is -0.113. The van der Waals surface area contributed by atoms with Crippen LogP contribution in [-0.2, 0) is 4.79 Å². The standard InChI is InChI=1S/C17H14Br2N2O3S/c1-3-23-11-6-4-10(5-7-11)20-17-21(2)16(22)14(25-17)9-12-8-13(18)15(19)24-12/h4-9H,3H2,1-2H3/b14-9-,20-17?. The molecular formula is C17H14Br2N2O3S. The summed E-state index contributed by atoms with van der Waals surface area (Å²) in [5.41, 5.74) is 0.760. The molecule has 0 spiro atoms. The normalized spacial score (nSPS) is 17.8. The summed E-state index contributed by atoms with van der Waals surface area (Å²) in [6, 6.07) is 9.24. The Morgan fingerprint density at radius 3 is 2.64 bits per heavy atom. The monoisotopic (exact) mass is 484 g/mol. The molecule has 0 radical (unpaired) electrons. The van der Waals surface area contributed by atoms with Crippen LogP contribution >= 0.6 is 43.6 Å². The second-order valence-electron chi connectivity index (χ2n) is 5.07. The molecule has 0 atom stereocenters. The number of amides is 1. The number of benzene rings is 1. The lowest BCUT2D eigenvalue weighted by Gasteiger charge is -2.07. The number of carbonyl (C=O) groups excluding carboxylic acids is 1. The van der Waals surface area contributed by atoms with Crippen molar-refractivity contribution in [1.29, 1.82) is 0 Å². The number of rotatable bonds is 4. The highest BCUT2D eigenvalue weighted by Gasteiger charge is 2.30. The third kappa shape index (κ3) is 4.19. The van der Waals surface area contributed by atoms with Crippen LogP contribution in [-0.4, -0.2) is 29.6 Å². The minimum Gasteiger partial charge on any atom is -0.494 e. The third-order valence-corrected chi connectivity index (χ3v) is 6.08.